The minimum atomic E-state index is 0.762. The van der Waals surface area contributed by atoms with Gasteiger partial charge >= 0.3 is 0 Å². The number of aryl methyl sites for hydroxylation is 1. The number of fused-ring (bicyclic) bond motifs is 1. The van der Waals surface area contributed by atoms with Crippen LogP contribution in [0.3, 0.4) is 0 Å². The molecule has 1 aromatic carbocycles. The van der Waals surface area contributed by atoms with Crippen LogP contribution in [0.15, 0.2) is 59.7 Å². The molecule has 3 rings (SSSR count). The molecule has 5 heteroatoms. The van der Waals surface area contributed by atoms with E-state index >= 15 is 0 Å². The van der Waals surface area contributed by atoms with Crippen LogP contribution in [0.2, 0.25) is 0 Å². The molecule has 1 aromatic heterocycles. The maximum absolute atomic E-state index is 4.46. The Labute approximate surface area is 174 Å². The Morgan fingerprint density at radius 1 is 1.14 bits per heavy atom. The lowest BCUT2D eigenvalue weighted by Crippen LogP contribution is -2.44. The van der Waals surface area contributed by atoms with Gasteiger partial charge in [0.05, 0.1) is 22.4 Å². The lowest BCUT2D eigenvalue weighted by atomic mass is 10.1. The van der Waals surface area contributed by atoms with Gasteiger partial charge in [-0.1, -0.05) is 24.6 Å². The van der Waals surface area contributed by atoms with Gasteiger partial charge in [0, 0.05) is 45.1 Å². The number of nitrogens with one attached hydrogen (secondary N) is 2. The van der Waals surface area contributed by atoms with Gasteiger partial charge in [-0.2, -0.15) is 0 Å². The van der Waals surface area contributed by atoms with E-state index in [1.54, 1.807) is 12.4 Å². The van der Waals surface area contributed by atoms with Crippen molar-refractivity contribution in [1.82, 2.24) is 25.5 Å². The molecule has 0 bridgehead atoms. The summed E-state index contributed by atoms with van der Waals surface area (Å²) < 4.78 is 0. The Morgan fingerprint density at radius 2 is 1.83 bits per heavy atom. The van der Waals surface area contributed by atoms with E-state index in [1.807, 2.05) is 0 Å². The van der Waals surface area contributed by atoms with Crippen molar-refractivity contribution in [2.75, 3.05) is 26.2 Å². The van der Waals surface area contributed by atoms with E-state index in [1.165, 1.54) is 28.1 Å². The summed E-state index contributed by atoms with van der Waals surface area (Å²) in [5.74, 6) is 0. The molecule has 0 aliphatic carbocycles. The van der Waals surface area contributed by atoms with Gasteiger partial charge in [-0.25, -0.2) is 0 Å². The van der Waals surface area contributed by atoms with Crippen LogP contribution >= 0.6 is 0 Å². The molecule has 2 heterocycles. The van der Waals surface area contributed by atoms with Crippen molar-refractivity contribution >= 4 is 11.0 Å². The molecule has 154 valence electrons. The third-order valence-corrected chi connectivity index (χ3v) is 5.50. The normalized spacial score (nSPS) is 16.4. The first-order chi connectivity index (χ1) is 14.1. The summed E-state index contributed by atoms with van der Waals surface area (Å²) in [6.07, 6.45) is 11.3. The van der Waals surface area contributed by atoms with Crippen LogP contribution in [0.5, 0.6) is 0 Å². The molecule has 0 unspecified atom stereocenters. The van der Waals surface area contributed by atoms with Crippen LogP contribution in [0.25, 0.3) is 11.0 Å². The summed E-state index contributed by atoms with van der Waals surface area (Å²) >= 11 is 0. The molecule has 1 aliphatic heterocycles. The number of hydrogen-bond donors (Lipinski definition) is 2. The summed E-state index contributed by atoms with van der Waals surface area (Å²) in [5.41, 5.74) is 8.19. The van der Waals surface area contributed by atoms with Gasteiger partial charge in [0.1, 0.15) is 0 Å². The largest absolute Gasteiger partial charge is 0.380 e. The fourth-order valence-corrected chi connectivity index (χ4v) is 3.49. The zero-order valence-electron chi connectivity index (χ0n) is 18.1. The van der Waals surface area contributed by atoms with Crippen LogP contribution < -0.4 is 10.6 Å². The number of benzene rings is 1. The average molecular weight is 392 g/mol. The molecule has 0 spiro atoms. The van der Waals surface area contributed by atoms with Crippen molar-refractivity contribution in [3.05, 3.63) is 70.8 Å². The van der Waals surface area contributed by atoms with Gasteiger partial charge in [-0.3, -0.25) is 9.97 Å². The Hall–Kier alpha value is -2.66. The van der Waals surface area contributed by atoms with Crippen LogP contribution in [-0.4, -0.2) is 41.0 Å². The van der Waals surface area contributed by atoms with Crippen molar-refractivity contribution in [2.45, 2.75) is 40.7 Å². The number of aromatic nitrogens is 2. The highest BCUT2D eigenvalue weighted by Crippen LogP contribution is 2.19. The number of nitrogens with zero attached hydrogens (tertiary/aromatic N) is 3. The molecule has 1 saturated heterocycles. The molecule has 2 N–H and O–H groups in total. The van der Waals surface area contributed by atoms with E-state index in [4.69, 9.17) is 0 Å². The molecule has 1 aliphatic rings. The molecule has 29 heavy (non-hydrogen) atoms. The Kier molecular flexibility index (Phi) is 7.42. The molecular formula is C24H33N5. The predicted molar refractivity (Wildman–Crippen MR) is 121 cm³/mol. The lowest BCUT2D eigenvalue weighted by Gasteiger charge is -2.33. The van der Waals surface area contributed by atoms with Gasteiger partial charge in [0.15, 0.2) is 0 Å². The van der Waals surface area contributed by atoms with Crippen LogP contribution in [0.1, 0.15) is 38.3 Å². The number of hydrogen-bond acceptors (Lipinski definition) is 5. The van der Waals surface area contributed by atoms with E-state index < -0.39 is 0 Å². The number of rotatable bonds is 7. The van der Waals surface area contributed by atoms with E-state index in [0.29, 0.717) is 0 Å². The third-order valence-electron chi connectivity index (χ3n) is 5.50. The standard InChI is InChI=1S/C24H33N5/c1-5-18(3)7-8-24(29-13-11-25-12-14-29)21(6-2)28-17-20-16-23-22(15-19(20)4)26-9-10-27-23/h6-10,15-16,25,28H,5,11-14,17H2,1-4H3/b18-7+,21-6+,24-8+. The van der Waals surface area contributed by atoms with Gasteiger partial charge < -0.3 is 15.5 Å². The van der Waals surface area contributed by atoms with Gasteiger partial charge in [0.25, 0.3) is 0 Å². The van der Waals surface area contributed by atoms with Crippen LogP contribution in [0.4, 0.5) is 0 Å². The summed E-state index contributed by atoms with van der Waals surface area (Å²) in [7, 11) is 0. The molecule has 0 radical (unpaired) electrons. The topological polar surface area (TPSA) is 53.1 Å². The second-order valence-corrected chi connectivity index (χ2v) is 7.54. The number of allylic oxidation sites excluding steroid dienone is 4. The fourth-order valence-electron chi connectivity index (χ4n) is 3.49. The van der Waals surface area contributed by atoms with Crippen LogP contribution in [0, 0.1) is 6.92 Å². The SMILES string of the molecule is C\C=C(NCc1cc2nccnc2cc1C)/C(=C\C=C(/C)CC)N1CCNCC1. The van der Waals surface area contributed by atoms with E-state index in [2.05, 4.69) is 83.6 Å². The average Bonchev–Trinajstić information content (AvgIpc) is 2.76. The van der Waals surface area contributed by atoms with Gasteiger partial charge in [0.2, 0.25) is 0 Å². The predicted octanol–water partition coefficient (Wildman–Crippen LogP) is 4.08. The van der Waals surface area contributed by atoms with Crippen molar-refractivity contribution in [2.24, 2.45) is 0 Å². The molecule has 0 atom stereocenters. The zero-order chi connectivity index (χ0) is 20.6. The highest BCUT2D eigenvalue weighted by molar-refractivity contribution is 5.75. The second kappa shape index (κ2) is 10.2. The first-order valence-electron chi connectivity index (χ1n) is 10.6. The maximum Gasteiger partial charge on any atom is 0.0890 e. The minimum absolute atomic E-state index is 0.762. The molecule has 5 nitrogen and oxygen atoms in total. The van der Waals surface area contributed by atoms with Crippen LogP contribution in [-0.2, 0) is 6.54 Å². The van der Waals surface area contributed by atoms with E-state index in [-0.39, 0.29) is 0 Å². The Balaban J connectivity index is 1.83. The second-order valence-electron chi connectivity index (χ2n) is 7.54. The monoisotopic (exact) mass is 391 g/mol. The summed E-state index contributed by atoms with van der Waals surface area (Å²) in [6, 6.07) is 4.27. The highest BCUT2D eigenvalue weighted by atomic mass is 15.2. The Morgan fingerprint density at radius 3 is 2.48 bits per heavy atom. The molecule has 1 fully saturated rings. The third kappa shape index (κ3) is 5.45. The first-order valence-corrected chi connectivity index (χ1v) is 10.6. The van der Waals surface area contributed by atoms with Crippen molar-refractivity contribution < 1.29 is 0 Å². The van der Waals surface area contributed by atoms with Gasteiger partial charge in [-0.05, 0) is 56.5 Å². The van der Waals surface area contributed by atoms with Crippen molar-refractivity contribution in [3.63, 3.8) is 0 Å². The fraction of sp³-hybridized carbons (Fsp3) is 0.417. The van der Waals surface area contributed by atoms with E-state index in [9.17, 15) is 0 Å². The molecule has 0 saturated carbocycles. The minimum Gasteiger partial charge on any atom is -0.380 e. The lowest BCUT2D eigenvalue weighted by molar-refractivity contribution is 0.301. The Bertz CT molecular complexity index is 920. The van der Waals surface area contributed by atoms with E-state index in [0.717, 1.165) is 50.2 Å². The van der Waals surface area contributed by atoms with Crippen molar-refractivity contribution in [1.29, 1.82) is 0 Å². The smallest absolute Gasteiger partial charge is 0.0890 e. The summed E-state index contributed by atoms with van der Waals surface area (Å²) in [6.45, 7) is 13.5. The molecule has 2 aromatic rings. The first kappa shape index (κ1) is 21.1. The number of piperazine rings is 1. The zero-order valence-corrected chi connectivity index (χ0v) is 18.1. The summed E-state index contributed by atoms with van der Waals surface area (Å²) in [5, 5.41) is 7.13. The quantitative estimate of drug-likeness (QED) is 0.697. The maximum atomic E-state index is 4.46. The van der Waals surface area contributed by atoms with Crippen molar-refractivity contribution in [3.8, 4) is 0 Å². The molecule has 0 amide bonds. The highest BCUT2D eigenvalue weighted by Gasteiger charge is 2.16. The molecular weight excluding hydrogens is 358 g/mol. The summed E-state index contributed by atoms with van der Waals surface area (Å²) in [4.78, 5) is 11.3. The van der Waals surface area contributed by atoms with Gasteiger partial charge in [-0.15, -0.1) is 0 Å².